The number of hydrogen-bond donors (Lipinski definition) is 1. The Balaban J connectivity index is 2.48. The van der Waals surface area contributed by atoms with Crippen LogP contribution in [0.4, 0.5) is 0 Å². The van der Waals surface area contributed by atoms with Gasteiger partial charge in [-0.2, -0.15) is 0 Å². The van der Waals surface area contributed by atoms with Gasteiger partial charge in [0.05, 0.1) is 4.90 Å². The van der Waals surface area contributed by atoms with Crippen molar-refractivity contribution in [2.24, 2.45) is 0 Å². The van der Waals surface area contributed by atoms with E-state index in [4.69, 9.17) is 16.7 Å². The van der Waals surface area contributed by atoms with Crippen LogP contribution in [-0.4, -0.2) is 19.5 Å². The van der Waals surface area contributed by atoms with Crippen LogP contribution in [0.2, 0.25) is 5.02 Å². The summed E-state index contributed by atoms with van der Waals surface area (Å²) >= 11 is 5.95. The van der Waals surface area contributed by atoms with Gasteiger partial charge >= 0.3 is 5.97 Å². The van der Waals surface area contributed by atoms with Gasteiger partial charge in [-0.15, -0.1) is 0 Å². The van der Waals surface area contributed by atoms with Gasteiger partial charge in [-0.05, 0) is 24.1 Å². The summed E-state index contributed by atoms with van der Waals surface area (Å²) in [4.78, 5) is 10.7. The molecule has 1 aromatic carbocycles. The van der Waals surface area contributed by atoms with Gasteiger partial charge < -0.3 is 5.11 Å². The van der Waals surface area contributed by atoms with Crippen LogP contribution < -0.4 is 0 Å². The third-order valence-corrected chi connectivity index (χ3v) is 4.37. The Morgan fingerprint density at radius 3 is 2.71 bits per heavy atom. The highest BCUT2D eigenvalue weighted by Gasteiger charge is 2.28. The number of carbonyl (C=O) groups is 1. The maximum absolute atomic E-state index is 11.8. The minimum Gasteiger partial charge on any atom is -0.481 e. The van der Waals surface area contributed by atoms with E-state index >= 15 is 0 Å². The highest BCUT2D eigenvalue weighted by atomic mass is 35.5. The summed E-state index contributed by atoms with van der Waals surface area (Å²) in [6.07, 6.45) is 0.0390. The lowest BCUT2D eigenvalue weighted by molar-refractivity contribution is -0.136. The number of carboxylic acids is 1. The van der Waals surface area contributed by atoms with Gasteiger partial charge in [-0.3, -0.25) is 4.79 Å². The van der Waals surface area contributed by atoms with Crippen molar-refractivity contribution in [2.45, 2.75) is 17.7 Å². The van der Waals surface area contributed by atoms with Crippen LogP contribution in [0.25, 0.3) is 5.57 Å². The Kier molecular flexibility index (Phi) is 2.97. The number of halogens is 1. The van der Waals surface area contributed by atoms with Crippen molar-refractivity contribution < 1.29 is 18.3 Å². The Morgan fingerprint density at radius 2 is 2.06 bits per heavy atom. The first-order valence-corrected chi connectivity index (χ1v) is 6.80. The van der Waals surface area contributed by atoms with E-state index < -0.39 is 15.8 Å². The lowest BCUT2D eigenvalue weighted by atomic mass is 10.0. The zero-order valence-electron chi connectivity index (χ0n) is 8.68. The fourth-order valence-corrected chi connectivity index (χ4v) is 3.67. The van der Waals surface area contributed by atoms with Crippen LogP contribution in [0.1, 0.15) is 18.4 Å². The molecule has 0 amide bonds. The molecule has 0 spiro atoms. The summed E-state index contributed by atoms with van der Waals surface area (Å²) in [5.41, 5.74) is 0.906. The predicted octanol–water partition coefficient (Wildman–Crippen LogP) is 2.33. The average Bonchev–Trinajstić information content (AvgIpc) is 2.49. The molecule has 1 heterocycles. The molecule has 17 heavy (non-hydrogen) atoms. The van der Waals surface area contributed by atoms with Crippen molar-refractivity contribution in [3.63, 3.8) is 0 Å². The molecule has 1 N–H and O–H groups in total. The third kappa shape index (κ3) is 2.21. The lowest BCUT2D eigenvalue weighted by Crippen LogP contribution is -1.95. The maximum atomic E-state index is 11.8. The molecule has 0 atom stereocenters. The third-order valence-electron chi connectivity index (χ3n) is 2.51. The number of aliphatic carboxylic acids is 1. The highest BCUT2D eigenvalue weighted by Crippen LogP contribution is 2.39. The SMILES string of the molecule is O=C(O)CCC1=CS(=O)(=O)c2cccc(Cl)c21. The van der Waals surface area contributed by atoms with Crippen LogP contribution in [0.5, 0.6) is 0 Å². The van der Waals surface area contributed by atoms with E-state index in [2.05, 4.69) is 0 Å². The molecule has 0 aliphatic carbocycles. The fraction of sp³-hybridized carbons (Fsp3) is 0.182. The van der Waals surface area contributed by atoms with E-state index in [9.17, 15) is 13.2 Å². The van der Waals surface area contributed by atoms with E-state index in [1.165, 1.54) is 6.07 Å². The van der Waals surface area contributed by atoms with Crippen LogP contribution in [0.3, 0.4) is 0 Å². The van der Waals surface area contributed by atoms with E-state index in [-0.39, 0.29) is 17.7 Å². The van der Waals surface area contributed by atoms with Crippen LogP contribution in [-0.2, 0) is 14.6 Å². The Labute approximate surface area is 103 Å². The minimum absolute atomic E-state index is 0.119. The number of benzene rings is 1. The van der Waals surface area contributed by atoms with Crippen molar-refractivity contribution >= 4 is 33.0 Å². The van der Waals surface area contributed by atoms with Gasteiger partial charge in [-0.1, -0.05) is 17.7 Å². The zero-order chi connectivity index (χ0) is 12.6. The molecule has 90 valence electrons. The molecule has 0 unspecified atom stereocenters. The standard InChI is InChI=1S/C11H9ClO4S/c12-8-2-1-3-9-11(8)7(4-5-10(13)14)6-17(9,15)16/h1-3,6H,4-5H2,(H,13,14). The summed E-state index contributed by atoms with van der Waals surface area (Å²) in [6.45, 7) is 0. The second kappa shape index (κ2) is 4.16. The van der Waals surface area contributed by atoms with Gasteiger partial charge in [-0.25, -0.2) is 8.42 Å². The van der Waals surface area contributed by atoms with Crippen molar-refractivity contribution in [1.29, 1.82) is 0 Å². The maximum Gasteiger partial charge on any atom is 0.303 e. The summed E-state index contributed by atoms with van der Waals surface area (Å²) in [5.74, 6) is -0.969. The topological polar surface area (TPSA) is 71.4 Å². The van der Waals surface area contributed by atoms with E-state index in [1.54, 1.807) is 12.1 Å². The van der Waals surface area contributed by atoms with Gasteiger partial charge in [0.25, 0.3) is 0 Å². The summed E-state index contributed by atoms with van der Waals surface area (Å²) in [6, 6.07) is 4.63. The molecule has 4 nitrogen and oxygen atoms in total. The quantitative estimate of drug-likeness (QED) is 0.917. The van der Waals surface area contributed by atoms with Gasteiger partial charge in [0.15, 0.2) is 0 Å². The van der Waals surface area contributed by atoms with E-state index in [0.717, 1.165) is 5.41 Å². The molecule has 2 rings (SSSR count). The predicted molar refractivity (Wildman–Crippen MR) is 63.5 cm³/mol. The molecule has 0 saturated heterocycles. The molecule has 1 aliphatic rings. The average molecular weight is 273 g/mol. The summed E-state index contributed by atoms with van der Waals surface area (Å²) in [7, 11) is -3.46. The van der Waals surface area contributed by atoms with Gasteiger partial charge in [0.2, 0.25) is 9.84 Å². The monoisotopic (exact) mass is 272 g/mol. The number of fused-ring (bicyclic) bond motifs is 1. The van der Waals surface area contributed by atoms with E-state index in [0.29, 0.717) is 16.2 Å². The summed E-state index contributed by atoms with van der Waals surface area (Å²) in [5, 5.41) is 10.0. The smallest absolute Gasteiger partial charge is 0.303 e. The Morgan fingerprint density at radius 1 is 1.35 bits per heavy atom. The zero-order valence-corrected chi connectivity index (χ0v) is 10.3. The van der Waals surface area contributed by atoms with Gasteiger partial charge in [0.1, 0.15) is 0 Å². The van der Waals surface area contributed by atoms with Gasteiger partial charge in [0, 0.05) is 22.4 Å². The second-order valence-corrected chi connectivity index (χ2v) is 5.87. The molecule has 1 aliphatic heterocycles. The number of sulfone groups is 1. The van der Waals surface area contributed by atoms with Crippen LogP contribution in [0, 0.1) is 0 Å². The molecule has 0 radical (unpaired) electrons. The number of carboxylic acid groups (broad SMARTS) is 1. The van der Waals surface area contributed by atoms with Crippen molar-refractivity contribution in [3.8, 4) is 0 Å². The molecular weight excluding hydrogens is 264 g/mol. The lowest BCUT2D eigenvalue weighted by Gasteiger charge is -2.05. The minimum atomic E-state index is -3.46. The molecule has 0 bridgehead atoms. The van der Waals surface area contributed by atoms with Crippen molar-refractivity contribution in [2.75, 3.05) is 0 Å². The molecule has 0 fully saturated rings. The van der Waals surface area contributed by atoms with Crippen molar-refractivity contribution in [1.82, 2.24) is 0 Å². The van der Waals surface area contributed by atoms with Crippen LogP contribution in [0.15, 0.2) is 28.5 Å². The normalized spacial score (nSPS) is 16.4. The largest absolute Gasteiger partial charge is 0.481 e. The molecular formula is C11H9ClO4S. The number of rotatable bonds is 3. The first-order chi connectivity index (χ1) is 7.92. The molecule has 1 aromatic rings. The molecule has 0 aromatic heterocycles. The Hall–Kier alpha value is -1.33. The van der Waals surface area contributed by atoms with Crippen LogP contribution >= 0.6 is 11.6 Å². The first-order valence-electron chi connectivity index (χ1n) is 4.88. The number of allylic oxidation sites excluding steroid dienone is 1. The van der Waals surface area contributed by atoms with E-state index in [1.807, 2.05) is 0 Å². The molecule has 6 heteroatoms. The highest BCUT2D eigenvalue weighted by molar-refractivity contribution is 7.95. The number of hydrogen-bond acceptors (Lipinski definition) is 3. The fourth-order valence-electron chi connectivity index (χ4n) is 1.79. The first kappa shape index (κ1) is 12.1. The summed E-state index contributed by atoms with van der Waals surface area (Å²) < 4.78 is 23.6. The second-order valence-electron chi connectivity index (χ2n) is 3.69. The van der Waals surface area contributed by atoms with Crippen molar-refractivity contribution in [3.05, 3.63) is 34.2 Å². The molecule has 0 saturated carbocycles. The Bertz CT molecular complexity index is 616.